The van der Waals surface area contributed by atoms with Crippen LogP contribution in [0.1, 0.15) is 0 Å². The molecule has 11 heteroatoms. The zero-order chi connectivity index (χ0) is 15.5. The third-order valence-electron chi connectivity index (χ3n) is 1.83. The van der Waals surface area contributed by atoms with Gasteiger partial charge < -0.3 is 14.6 Å². The lowest BCUT2D eigenvalue weighted by Crippen LogP contribution is -2.61. The van der Waals surface area contributed by atoms with Gasteiger partial charge in [0.05, 0.1) is 6.61 Å². The number of ether oxygens (including phenoxy) is 2. The lowest BCUT2D eigenvalue weighted by molar-refractivity contribution is -0.299. The van der Waals surface area contributed by atoms with E-state index < -0.39 is 42.9 Å². The minimum Gasteiger partial charge on any atom is -0.477 e. The molecule has 0 unspecified atom stereocenters. The second kappa shape index (κ2) is 5.63. The molecule has 0 aromatic heterocycles. The van der Waals surface area contributed by atoms with Gasteiger partial charge in [0, 0.05) is 7.11 Å². The molecule has 0 aromatic carbocycles. The summed E-state index contributed by atoms with van der Waals surface area (Å²) >= 11 is 0. The Hall–Kier alpha value is -1.52. The number of halogens is 6. The Balaban J connectivity index is 5.16. The van der Waals surface area contributed by atoms with E-state index in [4.69, 9.17) is 5.11 Å². The second-order valence-electron chi connectivity index (χ2n) is 3.16. The van der Waals surface area contributed by atoms with E-state index in [1.165, 1.54) is 0 Å². The van der Waals surface area contributed by atoms with Crippen LogP contribution in [-0.2, 0) is 19.1 Å². The summed E-state index contributed by atoms with van der Waals surface area (Å²) in [6, 6.07) is 0. The zero-order valence-corrected chi connectivity index (χ0v) is 9.26. The van der Waals surface area contributed by atoms with Gasteiger partial charge in [-0.3, -0.25) is 0 Å². The van der Waals surface area contributed by atoms with E-state index in [2.05, 4.69) is 9.47 Å². The highest BCUT2D eigenvalue weighted by atomic mass is 19.3. The minimum atomic E-state index is -6.45. The normalized spacial score (nSPS) is 13.2. The van der Waals surface area contributed by atoms with Crippen LogP contribution in [-0.4, -0.2) is 55.1 Å². The Labute approximate surface area is 102 Å². The molecule has 0 aliphatic carbocycles. The molecule has 0 aliphatic rings. The molecular formula is C8H8F6O5. The molecular weight excluding hydrogens is 290 g/mol. The van der Waals surface area contributed by atoms with E-state index in [0.29, 0.717) is 0 Å². The fourth-order valence-electron chi connectivity index (χ4n) is 0.768. The van der Waals surface area contributed by atoms with Gasteiger partial charge in [-0.15, -0.1) is 0 Å². The van der Waals surface area contributed by atoms with E-state index in [1.807, 2.05) is 0 Å². The van der Waals surface area contributed by atoms with Crippen LogP contribution in [0.4, 0.5) is 26.3 Å². The molecule has 0 fully saturated rings. The van der Waals surface area contributed by atoms with Gasteiger partial charge in [-0.1, -0.05) is 0 Å². The highest BCUT2D eigenvalue weighted by Crippen LogP contribution is 2.46. The first-order valence-electron chi connectivity index (χ1n) is 4.46. The summed E-state index contributed by atoms with van der Waals surface area (Å²) in [6.45, 7) is -1.33. The first-order valence-corrected chi connectivity index (χ1v) is 4.46. The number of carbonyl (C=O) groups excluding carboxylic acids is 1. The van der Waals surface area contributed by atoms with Gasteiger partial charge >= 0.3 is 29.7 Å². The van der Waals surface area contributed by atoms with Crippen molar-refractivity contribution in [3.05, 3.63) is 0 Å². The summed E-state index contributed by atoms with van der Waals surface area (Å²) < 4.78 is 84.1. The molecule has 19 heavy (non-hydrogen) atoms. The fourth-order valence-corrected chi connectivity index (χ4v) is 0.768. The third-order valence-corrected chi connectivity index (χ3v) is 1.83. The maximum Gasteiger partial charge on any atom is 0.411 e. The van der Waals surface area contributed by atoms with Gasteiger partial charge in [0.25, 0.3) is 0 Å². The van der Waals surface area contributed by atoms with E-state index in [1.54, 1.807) is 0 Å². The van der Waals surface area contributed by atoms with Crippen molar-refractivity contribution < 1.29 is 50.5 Å². The summed E-state index contributed by atoms with van der Waals surface area (Å²) in [6.07, 6.45) is 0. The minimum absolute atomic E-state index is 0.442. The van der Waals surface area contributed by atoms with Gasteiger partial charge in [0.15, 0.2) is 0 Å². The van der Waals surface area contributed by atoms with E-state index >= 15 is 0 Å². The highest BCUT2D eigenvalue weighted by molar-refractivity contribution is 5.83. The smallest absolute Gasteiger partial charge is 0.411 e. The molecule has 0 amide bonds. The fraction of sp³-hybridized carbons (Fsp3) is 0.750. The van der Waals surface area contributed by atoms with Crippen molar-refractivity contribution in [2.24, 2.45) is 0 Å². The first-order chi connectivity index (χ1) is 8.42. The second-order valence-corrected chi connectivity index (χ2v) is 3.16. The molecule has 0 aliphatic heterocycles. The van der Waals surface area contributed by atoms with Crippen molar-refractivity contribution in [1.29, 1.82) is 0 Å². The first kappa shape index (κ1) is 17.5. The molecule has 5 nitrogen and oxygen atoms in total. The molecule has 0 aromatic rings. The average Bonchev–Trinajstić information content (AvgIpc) is 2.28. The number of carboxylic acids is 1. The topological polar surface area (TPSA) is 72.8 Å². The summed E-state index contributed by atoms with van der Waals surface area (Å²) in [5, 5.41) is 7.80. The molecule has 1 N–H and O–H groups in total. The van der Waals surface area contributed by atoms with E-state index in [-0.39, 0.29) is 0 Å². The van der Waals surface area contributed by atoms with Crippen molar-refractivity contribution in [2.45, 2.75) is 17.8 Å². The number of aliphatic carboxylic acids is 1. The molecule has 0 spiro atoms. The lowest BCUT2D eigenvalue weighted by atomic mass is 10.0. The Morgan fingerprint density at radius 3 is 1.84 bits per heavy atom. The summed E-state index contributed by atoms with van der Waals surface area (Å²) in [5.74, 6) is -25.1. The van der Waals surface area contributed by atoms with E-state index in [9.17, 15) is 35.9 Å². The Bertz CT molecular complexity index is 356. The van der Waals surface area contributed by atoms with Crippen molar-refractivity contribution in [2.75, 3.05) is 20.3 Å². The van der Waals surface area contributed by atoms with Gasteiger partial charge in [0.1, 0.15) is 6.61 Å². The Morgan fingerprint density at radius 2 is 1.47 bits per heavy atom. The largest absolute Gasteiger partial charge is 0.477 e. The highest BCUT2D eigenvalue weighted by Gasteiger charge is 2.79. The predicted molar refractivity (Wildman–Crippen MR) is 45.3 cm³/mol. The standard InChI is InChI=1S/C8H8F6O5/c1-18-2-3-19-5(17)7(11,12)8(13,14)6(9,10)4(15)16/h2-3H2,1H3,(H,15,16). The number of hydrogen-bond acceptors (Lipinski definition) is 4. The lowest BCUT2D eigenvalue weighted by Gasteiger charge is -2.28. The Morgan fingerprint density at radius 1 is 1.00 bits per heavy atom. The third kappa shape index (κ3) is 3.08. The van der Waals surface area contributed by atoms with E-state index in [0.717, 1.165) is 7.11 Å². The van der Waals surface area contributed by atoms with Crippen LogP contribution in [0.3, 0.4) is 0 Å². The van der Waals surface area contributed by atoms with Crippen LogP contribution in [0.15, 0.2) is 0 Å². The average molecular weight is 298 g/mol. The van der Waals surface area contributed by atoms with Crippen LogP contribution >= 0.6 is 0 Å². The zero-order valence-electron chi connectivity index (χ0n) is 9.26. The van der Waals surface area contributed by atoms with Gasteiger partial charge in [-0.2, -0.15) is 26.3 Å². The SMILES string of the molecule is COCCOC(=O)C(F)(F)C(F)(F)C(F)(F)C(=O)O. The van der Waals surface area contributed by atoms with Gasteiger partial charge in [-0.25, -0.2) is 9.59 Å². The molecule has 0 saturated carbocycles. The summed E-state index contributed by atoms with van der Waals surface area (Å²) in [7, 11) is 1.07. The quantitative estimate of drug-likeness (QED) is 0.434. The maximum absolute atomic E-state index is 12.9. The number of methoxy groups -OCH3 is 1. The molecule has 0 rings (SSSR count). The number of carboxylic acid groups (broad SMARTS) is 1. The number of hydrogen-bond donors (Lipinski definition) is 1. The maximum atomic E-state index is 12.9. The molecule has 0 atom stereocenters. The summed E-state index contributed by atoms with van der Waals surface area (Å²) in [4.78, 5) is 20.5. The molecule has 0 radical (unpaired) electrons. The number of alkyl halides is 6. The number of carbonyl (C=O) groups is 2. The number of esters is 1. The van der Waals surface area contributed by atoms with Crippen molar-refractivity contribution in [1.82, 2.24) is 0 Å². The molecule has 112 valence electrons. The van der Waals surface area contributed by atoms with Crippen LogP contribution < -0.4 is 0 Å². The van der Waals surface area contributed by atoms with Crippen LogP contribution in [0.25, 0.3) is 0 Å². The van der Waals surface area contributed by atoms with Crippen LogP contribution in [0.2, 0.25) is 0 Å². The Kier molecular flexibility index (Phi) is 5.18. The van der Waals surface area contributed by atoms with Crippen LogP contribution in [0, 0.1) is 0 Å². The monoisotopic (exact) mass is 298 g/mol. The number of rotatable bonds is 7. The molecule has 0 heterocycles. The van der Waals surface area contributed by atoms with Gasteiger partial charge in [-0.05, 0) is 0 Å². The summed E-state index contributed by atoms with van der Waals surface area (Å²) in [5.41, 5.74) is 0. The van der Waals surface area contributed by atoms with Crippen molar-refractivity contribution in [3.8, 4) is 0 Å². The van der Waals surface area contributed by atoms with Crippen molar-refractivity contribution >= 4 is 11.9 Å². The van der Waals surface area contributed by atoms with Crippen molar-refractivity contribution in [3.63, 3.8) is 0 Å². The predicted octanol–water partition coefficient (Wildman–Crippen LogP) is 1.17. The molecule has 0 bridgehead atoms. The van der Waals surface area contributed by atoms with Crippen LogP contribution in [0.5, 0.6) is 0 Å². The molecule has 0 saturated heterocycles. The van der Waals surface area contributed by atoms with Gasteiger partial charge in [0.2, 0.25) is 0 Å².